The standard InChI is InChI=1S/C23H27N3O3/c1-16-8-7-11-19(24-16)25-21(27)20-17-9-3-4-10-18(17)22(28)26(14-15-29-2)23(20)12-5-6-13-23/h3-4,7-11,20H,5-6,12-15H2,1-2H3,(H,24,25,27)/t20-/m1/s1. The lowest BCUT2D eigenvalue weighted by atomic mass is 9.71. The van der Waals surface area contributed by atoms with Gasteiger partial charge in [0.05, 0.1) is 18.1 Å². The Bertz CT molecular complexity index is 921. The molecule has 2 aromatic rings. The monoisotopic (exact) mass is 393 g/mol. The number of fused-ring (bicyclic) bond motifs is 1. The van der Waals surface area contributed by atoms with E-state index in [0.29, 0.717) is 24.5 Å². The Labute approximate surface area is 171 Å². The number of nitrogens with one attached hydrogen (secondary N) is 1. The molecule has 2 heterocycles. The van der Waals surface area contributed by atoms with Gasteiger partial charge in [-0.15, -0.1) is 0 Å². The van der Waals surface area contributed by atoms with Gasteiger partial charge in [-0.2, -0.15) is 0 Å². The predicted molar refractivity (Wildman–Crippen MR) is 111 cm³/mol. The van der Waals surface area contributed by atoms with E-state index in [9.17, 15) is 9.59 Å². The van der Waals surface area contributed by atoms with Gasteiger partial charge in [-0.05, 0) is 43.5 Å². The Kier molecular flexibility index (Phi) is 5.37. The van der Waals surface area contributed by atoms with Crippen LogP contribution in [0, 0.1) is 6.92 Å². The highest BCUT2D eigenvalue weighted by Crippen LogP contribution is 2.50. The van der Waals surface area contributed by atoms with Gasteiger partial charge in [0.25, 0.3) is 5.91 Å². The fourth-order valence-electron chi connectivity index (χ4n) is 4.99. The topological polar surface area (TPSA) is 71.5 Å². The first kappa shape index (κ1) is 19.6. The van der Waals surface area contributed by atoms with Crippen LogP contribution >= 0.6 is 0 Å². The molecule has 0 unspecified atom stereocenters. The average molecular weight is 393 g/mol. The fraction of sp³-hybridized carbons (Fsp3) is 0.435. The quantitative estimate of drug-likeness (QED) is 0.844. The summed E-state index contributed by atoms with van der Waals surface area (Å²) in [6.07, 6.45) is 3.64. The lowest BCUT2D eigenvalue weighted by Crippen LogP contribution is -2.60. The van der Waals surface area contributed by atoms with Crippen LogP contribution in [-0.4, -0.2) is 47.5 Å². The lowest BCUT2D eigenvalue weighted by molar-refractivity contribution is -0.121. The Hall–Kier alpha value is -2.73. The Morgan fingerprint density at radius 3 is 2.69 bits per heavy atom. The van der Waals surface area contributed by atoms with Gasteiger partial charge in [0, 0.05) is 24.9 Å². The number of hydrogen-bond acceptors (Lipinski definition) is 4. The molecule has 2 aliphatic rings. The first-order valence-electron chi connectivity index (χ1n) is 10.2. The van der Waals surface area contributed by atoms with Crippen molar-refractivity contribution >= 4 is 17.6 Å². The Balaban J connectivity index is 1.78. The molecule has 1 aliphatic heterocycles. The number of hydrogen-bond donors (Lipinski definition) is 1. The SMILES string of the molecule is COCCN1C(=O)c2ccccc2[C@H](C(=O)Nc2cccc(C)n2)C12CCCC2. The van der Waals surface area contributed by atoms with Crippen LogP contribution in [-0.2, 0) is 9.53 Å². The Morgan fingerprint density at radius 2 is 1.97 bits per heavy atom. The molecule has 4 rings (SSSR count). The van der Waals surface area contributed by atoms with E-state index in [4.69, 9.17) is 4.74 Å². The van der Waals surface area contributed by atoms with Crippen molar-refractivity contribution in [3.05, 3.63) is 59.3 Å². The van der Waals surface area contributed by atoms with Gasteiger partial charge in [0.2, 0.25) is 5.91 Å². The number of aryl methyl sites for hydroxylation is 1. The van der Waals surface area contributed by atoms with Crippen LogP contribution in [0.2, 0.25) is 0 Å². The molecule has 1 fully saturated rings. The summed E-state index contributed by atoms with van der Waals surface area (Å²) in [7, 11) is 1.64. The van der Waals surface area contributed by atoms with Crippen LogP contribution in [0.1, 0.15) is 53.2 Å². The van der Waals surface area contributed by atoms with Crippen LogP contribution in [0.4, 0.5) is 5.82 Å². The molecule has 1 atom stereocenters. The van der Waals surface area contributed by atoms with Gasteiger partial charge in [-0.1, -0.05) is 37.1 Å². The van der Waals surface area contributed by atoms with Crippen molar-refractivity contribution in [2.75, 3.05) is 25.6 Å². The number of anilines is 1. The summed E-state index contributed by atoms with van der Waals surface area (Å²) in [5, 5.41) is 3.02. The van der Waals surface area contributed by atoms with Crippen molar-refractivity contribution in [3.63, 3.8) is 0 Å². The maximum absolute atomic E-state index is 13.6. The van der Waals surface area contributed by atoms with Crippen LogP contribution in [0.5, 0.6) is 0 Å². The van der Waals surface area contributed by atoms with E-state index in [2.05, 4.69) is 10.3 Å². The molecular weight excluding hydrogens is 366 g/mol. The molecule has 152 valence electrons. The number of nitrogens with zero attached hydrogens (tertiary/aromatic N) is 2. The van der Waals surface area contributed by atoms with Gasteiger partial charge in [0.1, 0.15) is 5.82 Å². The van der Waals surface area contributed by atoms with Crippen molar-refractivity contribution in [1.82, 2.24) is 9.88 Å². The minimum Gasteiger partial charge on any atom is -0.383 e. The summed E-state index contributed by atoms with van der Waals surface area (Å²) in [5.74, 6) is 0.00341. The number of ether oxygens (including phenoxy) is 1. The third kappa shape index (κ3) is 3.42. The first-order chi connectivity index (χ1) is 14.1. The molecule has 0 saturated heterocycles. The molecule has 1 spiro atoms. The maximum Gasteiger partial charge on any atom is 0.254 e. The maximum atomic E-state index is 13.6. The first-order valence-corrected chi connectivity index (χ1v) is 10.2. The molecular formula is C23H27N3O3. The van der Waals surface area contributed by atoms with Gasteiger partial charge in [-0.25, -0.2) is 4.98 Å². The molecule has 1 aliphatic carbocycles. The predicted octanol–water partition coefficient (Wildman–Crippen LogP) is 3.53. The van der Waals surface area contributed by atoms with Crippen molar-refractivity contribution in [2.45, 2.75) is 44.1 Å². The van der Waals surface area contributed by atoms with Crippen molar-refractivity contribution in [1.29, 1.82) is 0 Å². The molecule has 1 aromatic carbocycles. The highest BCUT2D eigenvalue weighted by atomic mass is 16.5. The molecule has 0 radical (unpaired) electrons. The summed E-state index contributed by atoms with van der Waals surface area (Å²) < 4.78 is 5.28. The van der Waals surface area contributed by atoms with E-state index >= 15 is 0 Å². The number of carbonyl (C=O) groups excluding carboxylic acids is 2. The highest BCUT2D eigenvalue weighted by molar-refractivity contribution is 6.04. The number of carbonyl (C=O) groups is 2. The van der Waals surface area contributed by atoms with E-state index in [-0.39, 0.29) is 11.8 Å². The molecule has 1 saturated carbocycles. The second kappa shape index (κ2) is 7.95. The van der Waals surface area contributed by atoms with Crippen LogP contribution in [0.25, 0.3) is 0 Å². The van der Waals surface area contributed by atoms with Crippen molar-refractivity contribution in [3.8, 4) is 0 Å². The lowest BCUT2D eigenvalue weighted by Gasteiger charge is -2.50. The molecule has 1 aromatic heterocycles. The smallest absolute Gasteiger partial charge is 0.254 e. The largest absolute Gasteiger partial charge is 0.383 e. The summed E-state index contributed by atoms with van der Waals surface area (Å²) >= 11 is 0. The summed E-state index contributed by atoms with van der Waals surface area (Å²) in [5.41, 5.74) is 1.76. The van der Waals surface area contributed by atoms with Crippen LogP contribution in [0.3, 0.4) is 0 Å². The van der Waals surface area contributed by atoms with Crippen molar-refractivity contribution in [2.24, 2.45) is 0 Å². The van der Waals surface area contributed by atoms with Gasteiger partial charge in [0.15, 0.2) is 0 Å². The number of aromatic nitrogens is 1. The molecule has 2 amide bonds. The fourth-order valence-corrected chi connectivity index (χ4v) is 4.99. The zero-order valence-corrected chi connectivity index (χ0v) is 17.0. The number of pyridine rings is 1. The molecule has 6 heteroatoms. The molecule has 6 nitrogen and oxygen atoms in total. The number of methoxy groups -OCH3 is 1. The van der Waals surface area contributed by atoms with E-state index in [1.807, 2.05) is 48.2 Å². The number of amides is 2. The second-order valence-corrected chi connectivity index (χ2v) is 7.93. The van der Waals surface area contributed by atoms with Crippen LogP contribution < -0.4 is 5.32 Å². The molecule has 0 bridgehead atoms. The third-order valence-electron chi connectivity index (χ3n) is 6.21. The third-order valence-corrected chi connectivity index (χ3v) is 6.21. The normalized spacial score (nSPS) is 20.0. The number of rotatable bonds is 5. The van der Waals surface area contributed by atoms with Crippen LogP contribution in [0.15, 0.2) is 42.5 Å². The summed E-state index contributed by atoms with van der Waals surface area (Å²) in [6, 6.07) is 13.1. The van der Waals surface area contributed by atoms with Crippen molar-refractivity contribution < 1.29 is 14.3 Å². The Morgan fingerprint density at radius 1 is 1.21 bits per heavy atom. The number of benzene rings is 1. The van der Waals surface area contributed by atoms with E-state index in [1.54, 1.807) is 13.2 Å². The van der Waals surface area contributed by atoms with E-state index in [0.717, 1.165) is 36.9 Å². The zero-order valence-electron chi connectivity index (χ0n) is 17.0. The minimum atomic E-state index is -0.516. The second-order valence-electron chi connectivity index (χ2n) is 7.93. The average Bonchev–Trinajstić information content (AvgIpc) is 3.18. The molecule has 29 heavy (non-hydrogen) atoms. The zero-order chi connectivity index (χ0) is 20.4. The van der Waals surface area contributed by atoms with E-state index in [1.165, 1.54) is 0 Å². The summed E-state index contributed by atoms with van der Waals surface area (Å²) in [6.45, 7) is 2.83. The summed E-state index contributed by atoms with van der Waals surface area (Å²) in [4.78, 5) is 33.3. The minimum absolute atomic E-state index is 0.00252. The molecule has 1 N–H and O–H groups in total. The van der Waals surface area contributed by atoms with Gasteiger partial charge >= 0.3 is 0 Å². The highest BCUT2D eigenvalue weighted by Gasteiger charge is 2.55. The van der Waals surface area contributed by atoms with E-state index < -0.39 is 11.5 Å². The van der Waals surface area contributed by atoms with Gasteiger partial charge in [-0.3, -0.25) is 9.59 Å². The van der Waals surface area contributed by atoms with Gasteiger partial charge < -0.3 is 15.0 Å².